The van der Waals surface area contributed by atoms with Crippen LogP contribution in [0, 0.1) is 5.92 Å². The highest BCUT2D eigenvalue weighted by Gasteiger charge is 2.37. The van der Waals surface area contributed by atoms with E-state index in [-0.39, 0.29) is 46.2 Å². The van der Waals surface area contributed by atoms with Gasteiger partial charge in [0.25, 0.3) is 0 Å². The molecule has 160 valence electrons. The van der Waals surface area contributed by atoms with Crippen LogP contribution in [0.2, 0.25) is 10.0 Å². The Labute approximate surface area is 187 Å². The number of esters is 1. The molecule has 0 amide bonds. The molecule has 1 aromatic heterocycles. The van der Waals surface area contributed by atoms with E-state index in [1.165, 1.54) is 13.2 Å². The molecule has 0 N–H and O–H groups in total. The second kappa shape index (κ2) is 8.73. The number of hydrogen-bond donors (Lipinski definition) is 0. The van der Waals surface area contributed by atoms with Gasteiger partial charge in [-0.2, -0.15) is 0 Å². The number of carbonyl (C=O) groups excluding carboxylic acids is 2. The van der Waals surface area contributed by atoms with Crippen molar-refractivity contribution in [1.82, 2.24) is 0 Å². The van der Waals surface area contributed by atoms with Gasteiger partial charge in [-0.05, 0) is 37.1 Å². The third-order valence-electron chi connectivity index (χ3n) is 5.28. The largest absolute Gasteiger partial charge is 0.490 e. The fourth-order valence-electron chi connectivity index (χ4n) is 3.53. The van der Waals surface area contributed by atoms with Crippen molar-refractivity contribution in [2.75, 3.05) is 7.11 Å². The monoisotopic (exact) mass is 460 g/mol. The predicted molar refractivity (Wildman–Crippen MR) is 116 cm³/mol. The van der Waals surface area contributed by atoms with E-state index in [9.17, 15) is 14.4 Å². The van der Waals surface area contributed by atoms with Crippen molar-refractivity contribution in [2.45, 2.75) is 25.4 Å². The molecular weight excluding hydrogens is 443 g/mol. The third-order valence-corrected chi connectivity index (χ3v) is 5.82. The average Bonchev–Trinajstić information content (AvgIpc) is 2.72. The van der Waals surface area contributed by atoms with E-state index in [0.717, 1.165) is 0 Å². The number of Topliss-reactive ketones (excluding diaryl/α,β-unsaturated/α-hetero) is 1. The lowest BCUT2D eigenvalue weighted by Crippen LogP contribution is -2.39. The van der Waals surface area contributed by atoms with Gasteiger partial charge in [0.15, 0.2) is 16.8 Å². The molecule has 0 aliphatic heterocycles. The van der Waals surface area contributed by atoms with Crippen molar-refractivity contribution < 1.29 is 23.5 Å². The maximum absolute atomic E-state index is 12.9. The van der Waals surface area contributed by atoms with Gasteiger partial charge >= 0.3 is 5.97 Å². The van der Waals surface area contributed by atoms with E-state index in [2.05, 4.69) is 0 Å². The van der Waals surface area contributed by atoms with Crippen molar-refractivity contribution in [3.8, 4) is 5.75 Å². The molecule has 1 saturated carbocycles. The van der Waals surface area contributed by atoms with Crippen LogP contribution in [0.25, 0.3) is 11.0 Å². The van der Waals surface area contributed by atoms with Gasteiger partial charge in [-0.25, -0.2) is 0 Å². The summed E-state index contributed by atoms with van der Waals surface area (Å²) >= 11 is 12.2. The van der Waals surface area contributed by atoms with Gasteiger partial charge in [-0.3, -0.25) is 14.4 Å². The quantitative estimate of drug-likeness (QED) is 0.385. The zero-order valence-electron chi connectivity index (χ0n) is 16.5. The van der Waals surface area contributed by atoms with Crippen LogP contribution in [0.4, 0.5) is 0 Å². The lowest BCUT2D eigenvalue weighted by Gasteiger charge is -2.33. The Bertz CT molecular complexity index is 1230. The molecule has 1 fully saturated rings. The number of carbonyl (C=O) groups is 2. The minimum Gasteiger partial charge on any atom is -0.490 e. The number of halogens is 2. The summed E-state index contributed by atoms with van der Waals surface area (Å²) in [6.45, 7) is 0. The molecular formula is C23H18Cl2O6. The molecule has 0 radical (unpaired) electrons. The minimum absolute atomic E-state index is 0.0570. The molecule has 0 spiro atoms. The van der Waals surface area contributed by atoms with Gasteiger partial charge in [-0.15, -0.1) is 0 Å². The Balaban J connectivity index is 1.55. The van der Waals surface area contributed by atoms with Crippen molar-refractivity contribution in [3.63, 3.8) is 0 Å². The standard InChI is InChI=1S/C23H18Cl2O6/c1-29-23(28)13-7-15(8-13)30-20-10-14(24)6-5-12(20)9-19(27)21-11-18(26)16-3-2-4-17(25)22(16)31-21/h2-6,10-11,13,15H,7-9H2,1H3. The Hall–Kier alpha value is -2.83. The first kappa shape index (κ1) is 21.4. The number of ketones is 1. The molecule has 1 heterocycles. The van der Waals surface area contributed by atoms with Gasteiger partial charge in [-0.1, -0.05) is 35.3 Å². The van der Waals surface area contributed by atoms with E-state index >= 15 is 0 Å². The first-order valence-electron chi connectivity index (χ1n) is 9.64. The van der Waals surface area contributed by atoms with Crippen molar-refractivity contribution in [1.29, 1.82) is 0 Å². The lowest BCUT2D eigenvalue weighted by molar-refractivity contribution is -0.151. The van der Waals surface area contributed by atoms with Gasteiger partial charge in [0.1, 0.15) is 11.9 Å². The van der Waals surface area contributed by atoms with E-state index in [0.29, 0.717) is 34.6 Å². The molecule has 0 bridgehead atoms. The van der Waals surface area contributed by atoms with Gasteiger partial charge < -0.3 is 13.9 Å². The molecule has 2 aromatic carbocycles. The normalized spacial score (nSPS) is 17.8. The number of benzene rings is 2. The van der Waals surface area contributed by atoms with Crippen molar-refractivity contribution >= 4 is 45.9 Å². The lowest BCUT2D eigenvalue weighted by atomic mass is 9.82. The second-order valence-corrected chi connectivity index (χ2v) is 8.22. The fourth-order valence-corrected chi connectivity index (χ4v) is 3.90. The summed E-state index contributed by atoms with van der Waals surface area (Å²) in [5, 5.41) is 1.02. The summed E-state index contributed by atoms with van der Waals surface area (Å²) in [7, 11) is 1.36. The Morgan fingerprint density at radius 2 is 1.90 bits per heavy atom. The summed E-state index contributed by atoms with van der Waals surface area (Å²) < 4.78 is 16.4. The van der Waals surface area contributed by atoms with Gasteiger partial charge in [0.05, 0.1) is 23.4 Å². The van der Waals surface area contributed by atoms with Gasteiger partial charge in [0.2, 0.25) is 5.78 Å². The van der Waals surface area contributed by atoms with Crippen LogP contribution in [0.5, 0.6) is 5.75 Å². The zero-order chi connectivity index (χ0) is 22.1. The highest BCUT2D eigenvalue weighted by Crippen LogP contribution is 2.35. The molecule has 8 heteroatoms. The highest BCUT2D eigenvalue weighted by atomic mass is 35.5. The molecule has 6 nitrogen and oxygen atoms in total. The fraction of sp³-hybridized carbons (Fsp3) is 0.261. The van der Waals surface area contributed by atoms with Crippen LogP contribution in [0.1, 0.15) is 29.0 Å². The molecule has 1 aliphatic carbocycles. The van der Waals surface area contributed by atoms with Crippen LogP contribution in [0.15, 0.2) is 51.7 Å². The van der Waals surface area contributed by atoms with Crippen molar-refractivity contribution in [3.05, 3.63) is 74.1 Å². The van der Waals surface area contributed by atoms with Crippen LogP contribution >= 0.6 is 23.2 Å². The Morgan fingerprint density at radius 3 is 2.65 bits per heavy atom. The number of methoxy groups -OCH3 is 1. The minimum atomic E-state index is -0.396. The van der Waals surface area contributed by atoms with Crippen molar-refractivity contribution in [2.24, 2.45) is 5.92 Å². The number of hydrogen-bond acceptors (Lipinski definition) is 6. The smallest absolute Gasteiger partial charge is 0.308 e. The highest BCUT2D eigenvalue weighted by molar-refractivity contribution is 6.34. The molecule has 31 heavy (non-hydrogen) atoms. The third kappa shape index (κ3) is 4.45. The molecule has 0 atom stereocenters. The van der Waals surface area contributed by atoms with E-state index in [1.54, 1.807) is 36.4 Å². The first-order chi connectivity index (χ1) is 14.9. The molecule has 0 saturated heterocycles. The van der Waals surface area contributed by atoms with Crippen LogP contribution in [-0.2, 0) is 16.0 Å². The molecule has 4 rings (SSSR count). The summed E-state index contributed by atoms with van der Waals surface area (Å²) in [5.41, 5.74) is 0.428. The average molecular weight is 461 g/mol. The maximum Gasteiger partial charge on any atom is 0.308 e. The first-order valence-corrected chi connectivity index (χ1v) is 10.4. The second-order valence-electron chi connectivity index (χ2n) is 7.37. The summed E-state index contributed by atoms with van der Waals surface area (Å²) in [4.78, 5) is 36.8. The summed E-state index contributed by atoms with van der Waals surface area (Å²) in [6.07, 6.45) is 0.835. The number of ether oxygens (including phenoxy) is 2. The predicted octanol–water partition coefficient (Wildman–Crippen LogP) is 4.86. The van der Waals surface area contributed by atoms with Crippen LogP contribution in [0.3, 0.4) is 0 Å². The topological polar surface area (TPSA) is 82.8 Å². The Kier molecular flexibility index (Phi) is 6.03. The molecule has 1 aliphatic rings. The molecule has 0 unspecified atom stereocenters. The van der Waals surface area contributed by atoms with E-state index in [1.807, 2.05) is 0 Å². The van der Waals surface area contributed by atoms with Crippen LogP contribution < -0.4 is 10.2 Å². The summed E-state index contributed by atoms with van der Waals surface area (Å²) in [6, 6.07) is 11.0. The zero-order valence-corrected chi connectivity index (χ0v) is 18.0. The number of para-hydroxylation sites is 1. The SMILES string of the molecule is COC(=O)C1CC(Oc2cc(Cl)ccc2CC(=O)c2cc(=O)c3cccc(Cl)c3o2)C1. The molecule has 3 aromatic rings. The number of rotatable bonds is 6. The summed E-state index contributed by atoms with van der Waals surface area (Å²) in [5.74, 6) is -0.467. The maximum atomic E-state index is 12.9. The van der Waals surface area contributed by atoms with E-state index in [4.69, 9.17) is 37.1 Å². The van der Waals surface area contributed by atoms with Crippen LogP contribution in [-0.4, -0.2) is 25.0 Å². The number of fused-ring (bicyclic) bond motifs is 1. The van der Waals surface area contributed by atoms with E-state index < -0.39 is 5.78 Å². The van der Waals surface area contributed by atoms with Gasteiger partial charge in [0, 0.05) is 23.1 Å². The Morgan fingerprint density at radius 1 is 1.13 bits per heavy atom.